The van der Waals surface area contributed by atoms with Crippen molar-refractivity contribution in [1.82, 2.24) is 29.0 Å². The maximum Gasteiger partial charge on any atom is 0.332 e. The molecule has 1 fully saturated rings. The third-order valence-corrected chi connectivity index (χ3v) is 10.8. The highest BCUT2D eigenvalue weighted by Gasteiger charge is 2.36. The second kappa shape index (κ2) is 13.9. The Hall–Kier alpha value is -4.92. The number of halogens is 4. The van der Waals surface area contributed by atoms with Crippen LogP contribution in [0.2, 0.25) is 10.0 Å². The van der Waals surface area contributed by atoms with Crippen LogP contribution < -0.4 is 21.3 Å². The molecule has 2 aliphatic rings. The fourth-order valence-corrected chi connectivity index (χ4v) is 7.86. The summed E-state index contributed by atoms with van der Waals surface area (Å²) in [5.41, 5.74) is 2.89. The molecule has 1 aliphatic heterocycles. The van der Waals surface area contributed by atoms with E-state index >= 15 is 0 Å². The number of pyridine rings is 1. The average Bonchev–Trinajstić information content (AvgIpc) is 3.57. The number of carboxylic acid groups (broad SMARTS) is 1. The Kier molecular flexibility index (Phi) is 9.48. The van der Waals surface area contributed by atoms with Crippen molar-refractivity contribution in [2.45, 2.75) is 38.2 Å². The van der Waals surface area contributed by atoms with Gasteiger partial charge in [-0.15, -0.1) is 0 Å². The first-order valence-electron chi connectivity index (χ1n) is 16.5. The first kappa shape index (κ1) is 35.5. The normalized spacial score (nSPS) is 16.4. The molecule has 1 saturated heterocycles. The van der Waals surface area contributed by atoms with Crippen molar-refractivity contribution in [3.8, 4) is 28.3 Å². The van der Waals surface area contributed by atoms with Gasteiger partial charge in [0.15, 0.2) is 11.5 Å². The predicted octanol–water partition coefficient (Wildman–Crippen LogP) is 6.54. The van der Waals surface area contributed by atoms with Gasteiger partial charge in [0.2, 0.25) is 5.88 Å². The standard InChI is InChI=1S/C36H33Cl2F2N7O5/c1-45-32-26(34(48)46(2)36(45)51)30(43-31(44-32)29(39)40)41-22-9-5-7-20(28(22)38)19-6-4-8-21(27(19)37)23-16-18-10-11-24(25(18)33(42-23)52-3)47-14-12-17(13-15-47)35(49)50/h4-9,16-17,24,29H,10-15H2,1-3H3,(H,49,50)(H,41,43,44). The highest BCUT2D eigenvalue weighted by atomic mass is 35.5. The molecular weight excluding hydrogens is 719 g/mol. The van der Waals surface area contributed by atoms with Crippen LogP contribution in [0.5, 0.6) is 5.88 Å². The van der Waals surface area contributed by atoms with E-state index in [9.17, 15) is 28.3 Å². The van der Waals surface area contributed by atoms with E-state index in [1.165, 1.54) is 14.1 Å². The molecule has 2 aromatic carbocycles. The number of nitrogens with zero attached hydrogens (tertiary/aromatic N) is 6. The van der Waals surface area contributed by atoms with Gasteiger partial charge in [-0.25, -0.2) is 28.5 Å². The molecule has 1 atom stereocenters. The Labute approximate surface area is 305 Å². The van der Waals surface area contributed by atoms with E-state index < -0.39 is 29.5 Å². The maximum absolute atomic E-state index is 13.9. The molecule has 7 rings (SSSR count). The molecule has 2 N–H and O–H groups in total. The van der Waals surface area contributed by atoms with Gasteiger partial charge in [-0.2, -0.15) is 0 Å². The molecule has 1 aliphatic carbocycles. The molecule has 0 radical (unpaired) electrons. The predicted molar refractivity (Wildman–Crippen MR) is 193 cm³/mol. The number of aromatic nitrogens is 5. The summed E-state index contributed by atoms with van der Waals surface area (Å²) in [5.74, 6) is -1.69. The van der Waals surface area contributed by atoms with Crippen LogP contribution in [0.25, 0.3) is 33.4 Å². The molecule has 270 valence electrons. The molecule has 0 amide bonds. The molecule has 1 unspecified atom stereocenters. The van der Waals surface area contributed by atoms with Gasteiger partial charge >= 0.3 is 11.7 Å². The minimum atomic E-state index is -3.08. The topological polar surface area (TPSA) is 144 Å². The number of piperidine rings is 1. The van der Waals surface area contributed by atoms with Crippen LogP contribution in [0.4, 0.5) is 20.3 Å². The van der Waals surface area contributed by atoms with Crippen molar-refractivity contribution in [3.63, 3.8) is 0 Å². The Bertz CT molecular complexity index is 2380. The molecule has 0 bridgehead atoms. The molecule has 52 heavy (non-hydrogen) atoms. The van der Waals surface area contributed by atoms with Crippen LogP contribution in [0.3, 0.4) is 0 Å². The van der Waals surface area contributed by atoms with Crippen LogP contribution >= 0.6 is 23.2 Å². The number of alkyl halides is 2. The van der Waals surface area contributed by atoms with Gasteiger partial charge in [0.1, 0.15) is 11.2 Å². The first-order valence-corrected chi connectivity index (χ1v) is 17.3. The fourth-order valence-electron chi connectivity index (χ4n) is 7.26. The molecule has 16 heteroatoms. The minimum Gasteiger partial charge on any atom is -0.481 e. The Morgan fingerprint density at radius 3 is 2.31 bits per heavy atom. The minimum absolute atomic E-state index is 0.0749. The zero-order valence-corrected chi connectivity index (χ0v) is 29.8. The van der Waals surface area contributed by atoms with Gasteiger partial charge in [0.05, 0.1) is 34.5 Å². The summed E-state index contributed by atoms with van der Waals surface area (Å²) >= 11 is 14.1. The number of carboxylic acids is 1. The van der Waals surface area contributed by atoms with Crippen LogP contribution in [0.1, 0.15) is 48.7 Å². The third-order valence-electron chi connectivity index (χ3n) is 9.97. The number of carbonyl (C=O) groups is 1. The summed E-state index contributed by atoms with van der Waals surface area (Å²) in [6, 6.07) is 12.6. The number of hydrogen-bond acceptors (Lipinski definition) is 9. The number of likely N-dealkylation sites (tertiary alicyclic amines) is 1. The summed E-state index contributed by atoms with van der Waals surface area (Å²) in [4.78, 5) is 52.2. The molecule has 12 nitrogen and oxygen atoms in total. The Morgan fingerprint density at radius 1 is 0.962 bits per heavy atom. The number of benzene rings is 2. The number of aryl methyl sites for hydroxylation is 2. The number of ether oxygens (including phenoxy) is 1. The summed E-state index contributed by atoms with van der Waals surface area (Å²) in [6.45, 7) is 1.37. The van der Waals surface area contributed by atoms with Crippen LogP contribution in [-0.2, 0) is 25.3 Å². The van der Waals surface area contributed by atoms with Gasteiger partial charge in [-0.1, -0.05) is 53.5 Å². The number of aliphatic carboxylic acids is 1. The van der Waals surface area contributed by atoms with E-state index in [0.717, 1.165) is 33.1 Å². The molecule has 0 spiro atoms. The van der Waals surface area contributed by atoms with E-state index in [1.54, 1.807) is 31.4 Å². The fraction of sp³-hybridized carbons (Fsp3) is 0.333. The zero-order valence-electron chi connectivity index (χ0n) is 28.3. The molecule has 0 saturated carbocycles. The second-order valence-electron chi connectivity index (χ2n) is 12.9. The lowest BCUT2D eigenvalue weighted by atomic mass is 9.94. The first-order chi connectivity index (χ1) is 24.9. The Morgan fingerprint density at radius 2 is 1.63 bits per heavy atom. The summed E-state index contributed by atoms with van der Waals surface area (Å²) < 4.78 is 35.4. The molecule has 3 aromatic heterocycles. The molecule has 4 heterocycles. The Balaban J connectivity index is 1.25. The van der Waals surface area contributed by atoms with E-state index in [0.29, 0.717) is 59.2 Å². The number of methoxy groups -OCH3 is 1. The lowest BCUT2D eigenvalue weighted by molar-refractivity contribution is -0.143. The number of nitrogens with one attached hydrogen (secondary N) is 1. The van der Waals surface area contributed by atoms with Crippen molar-refractivity contribution in [2.24, 2.45) is 20.0 Å². The van der Waals surface area contributed by atoms with Crippen LogP contribution in [-0.4, -0.2) is 60.3 Å². The number of hydrogen-bond donors (Lipinski definition) is 2. The quantitative estimate of drug-likeness (QED) is 0.179. The van der Waals surface area contributed by atoms with Crippen molar-refractivity contribution in [2.75, 3.05) is 25.5 Å². The summed E-state index contributed by atoms with van der Waals surface area (Å²) in [5, 5.41) is 12.7. The maximum atomic E-state index is 13.9. The highest BCUT2D eigenvalue weighted by molar-refractivity contribution is 6.39. The summed E-state index contributed by atoms with van der Waals surface area (Å²) in [6.07, 6.45) is -0.226. The van der Waals surface area contributed by atoms with Crippen molar-refractivity contribution < 1.29 is 23.4 Å². The monoisotopic (exact) mass is 751 g/mol. The number of fused-ring (bicyclic) bond motifs is 2. The van der Waals surface area contributed by atoms with Gasteiger partial charge in [0, 0.05) is 42.4 Å². The van der Waals surface area contributed by atoms with E-state index in [1.807, 2.05) is 18.2 Å². The lowest BCUT2D eigenvalue weighted by Crippen LogP contribution is -2.38. The average molecular weight is 753 g/mol. The van der Waals surface area contributed by atoms with Gasteiger partial charge in [-0.05, 0) is 56.5 Å². The molecule has 5 aromatic rings. The highest BCUT2D eigenvalue weighted by Crippen LogP contribution is 2.46. The lowest BCUT2D eigenvalue weighted by Gasteiger charge is -2.35. The van der Waals surface area contributed by atoms with Gasteiger partial charge in [-0.3, -0.25) is 23.6 Å². The van der Waals surface area contributed by atoms with Crippen molar-refractivity contribution in [1.29, 1.82) is 0 Å². The smallest absolute Gasteiger partial charge is 0.332 e. The van der Waals surface area contributed by atoms with E-state index in [4.69, 9.17) is 32.9 Å². The van der Waals surface area contributed by atoms with Crippen LogP contribution in [0, 0.1) is 5.92 Å². The second-order valence-corrected chi connectivity index (χ2v) is 13.6. The molecular formula is C36H33Cl2F2N7O5. The van der Waals surface area contributed by atoms with Crippen molar-refractivity contribution in [3.05, 3.63) is 90.3 Å². The van der Waals surface area contributed by atoms with Crippen LogP contribution in [0.15, 0.2) is 52.1 Å². The van der Waals surface area contributed by atoms with E-state index in [-0.39, 0.29) is 39.5 Å². The summed E-state index contributed by atoms with van der Waals surface area (Å²) in [7, 11) is 4.18. The van der Waals surface area contributed by atoms with E-state index in [2.05, 4.69) is 20.2 Å². The van der Waals surface area contributed by atoms with Gasteiger partial charge in [0.25, 0.3) is 12.0 Å². The SMILES string of the molecule is COc1nc(-c2cccc(-c3cccc(Nc4nc(C(F)F)nc5c4c(=O)n(C)c(=O)n5C)c3Cl)c2Cl)cc2c1C(N1CCC(C(=O)O)CC1)CC2. The number of rotatable bonds is 8. The number of anilines is 2. The third kappa shape index (κ3) is 6.07. The van der Waals surface area contributed by atoms with Crippen molar-refractivity contribution >= 4 is 51.7 Å². The zero-order chi connectivity index (χ0) is 37.0. The largest absolute Gasteiger partial charge is 0.481 e. The van der Waals surface area contributed by atoms with Gasteiger partial charge < -0.3 is 15.2 Å².